The monoisotopic (exact) mass is 269 g/mol. The topological polar surface area (TPSA) is 57.6 Å². The number of aliphatic carboxylic acids is 1. The highest BCUT2D eigenvalue weighted by atomic mass is 16.4. The van der Waals surface area contributed by atoms with Crippen LogP contribution in [0.2, 0.25) is 0 Å². The molecular weight excluding hydrogens is 242 g/mol. The molecule has 1 N–H and O–H groups in total. The fraction of sp³-hybridized carbons (Fsp3) is 0.867. The van der Waals surface area contributed by atoms with Crippen LogP contribution in [0.25, 0.3) is 0 Å². The zero-order chi connectivity index (χ0) is 14.8. The lowest BCUT2D eigenvalue weighted by Gasteiger charge is -2.39. The number of carboxylic acids is 1. The fourth-order valence-electron chi connectivity index (χ4n) is 2.55. The Morgan fingerprint density at radius 3 is 2.16 bits per heavy atom. The highest BCUT2D eigenvalue weighted by Crippen LogP contribution is 2.37. The second-order valence-electron chi connectivity index (χ2n) is 7.27. The third-order valence-electron chi connectivity index (χ3n) is 4.42. The molecule has 0 atom stereocenters. The summed E-state index contributed by atoms with van der Waals surface area (Å²) in [5.74, 6) is -0.976. The minimum Gasteiger partial charge on any atom is -0.481 e. The first-order chi connectivity index (χ1) is 8.55. The Morgan fingerprint density at radius 2 is 1.74 bits per heavy atom. The van der Waals surface area contributed by atoms with Gasteiger partial charge in [0.2, 0.25) is 5.91 Å². The van der Waals surface area contributed by atoms with Crippen LogP contribution in [0.5, 0.6) is 0 Å². The standard InChI is InChI=1S/C15H27NO3/c1-14(2)8-6-11(7-9-14)16(5)12(17)10-15(3,4)13(18)19/h11H,6-10H2,1-5H3,(H,18,19). The number of carboxylic acid groups (broad SMARTS) is 1. The first-order valence-electron chi connectivity index (χ1n) is 7.04. The summed E-state index contributed by atoms with van der Waals surface area (Å²) in [6.07, 6.45) is 4.35. The van der Waals surface area contributed by atoms with Crippen molar-refractivity contribution in [3.8, 4) is 0 Å². The van der Waals surface area contributed by atoms with E-state index in [0.29, 0.717) is 5.41 Å². The smallest absolute Gasteiger partial charge is 0.309 e. The van der Waals surface area contributed by atoms with Crippen LogP contribution in [-0.4, -0.2) is 35.0 Å². The quantitative estimate of drug-likeness (QED) is 0.853. The molecule has 0 saturated heterocycles. The molecule has 1 aliphatic carbocycles. The molecule has 4 nitrogen and oxygen atoms in total. The third kappa shape index (κ3) is 4.22. The number of hydrogen-bond donors (Lipinski definition) is 1. The number of amides is 1. The maximum Gasteiger partial charge on any atom is 0.309 e. The largest absolute Gasteiger partial charge is 0.481 e. The molecule has 1 saturated carbocycles. The lowest BCUT2D eigenvalue weighted by atomic mass is 9.75. The van der Waals surface area contributed by atoms with Gasteiger partial charge in [0, 0.05) is 19.5 Å². The van der Waals surface area contributed by atoms with Gasteiger partial charge in [0.05, 0.1) is 5.41 Å². The Labute approximate surface area is 116 Å². The molecule has 1 fully saturated rings. The highest BCUT2D eigenvalue weighted by molar-refractivity contribution is 5.84. The first-order valence-corrected chi connectivity index (χ1v) is 7.04. The zero-order valence-corrected chi connectivity index (χ0v) is 12.8. The SMILES string of the molecule is CN(C(=O)CC(C)(C)C(=O)O)C1CCC(C)(C)CC1. The molecule has 0 aromatic rings. The number of carbonyl (C=O) groups excluding carboxylic acids is 1. The van der Waals surface area contributed by atoms with E-state index in [1.807, 2.05) is 7.05 Å². The summed E-state index contributed by atoms with van der Waals surface area (Å²) in [4.78, 5) is 25.0. The van der Waals surface area contributed by atoms with Crippen LogP contribution in [0.1, 0.15) is 59.8 Å². The number of nitrogens with zero attached hydrogens (tertiary/aromatic N) is 1. The molecule has 19 heavy (non-hydrogen) atoms. The van der Waals surface area contributed by atoms with E-state index in [0.717, 1.165) is 25.7 Å². The summed E-state index contributed by atoms with van der Waals surface area (Å²) in [7, 11) is 1.81. The number of carbonyl (C=O) groups is 2. The molecule has 1 amide bonds. The van der Waals surface area contributed by atoms with Gasteiger partial charge in [-0.1, -0.05) is 13.8 Å². The molecule has 0 bridgehead atoms. The molecule has 0 spiro atoms. The lowest BCUT2D eigenvalue weighted by Crippen LogP contribution is -2.43. The van der Waals surface area contributed by atoms with Gasteiger partial charge >= 0.3 is 5.97 Å². The molecular formula is C15H27NO3. The summed E-state index contributed by atoms with van der Waals surface area (Å²) >= 11 is 0. The van der Waals surface area contributed by atoms with Gasteiger partial charge in [0.15, 0.2) is 0 Å². The van der Waals surface area contributed by atoms with Crippen molar-refractivity contribution in [1.82, 2.24) is 4.90 Å². The predicted octanol–water partition coefficient (Wildman–Crippen LogP) is 2.91. The molecule has 110 valence electrons. The molecule has 0 aliphatic heterocycles. The van der Waals surface area contributed by atoms with Gasteiger partial charge in [0.25, 0.3) is 0 Å². The van der Waals surface area contributed by atoms with Crippen molar-refractivity contribution in [1.29, 1.82) is 0 Å². The van der Waals surface area contributed by atoms with Gasteiger partial charge in [-0.05, 0) is 44.9 Å². The zero-order valence-electron chi connectivity index (χ0n) is 12.8. The minimum atomic E-state index is -0.987. The van der Waals surface area contributed by atoms with Crippen LogP contribution in [-0.2, 0) is 9.59 Å². The molecule has 1 rings (SSSR count). The van der Waals surface area contributed by atoms with Crippen LogP contribution in [0.3, 0.4) is 0 Å². The van der Waals surface area contributed by atoms with Gasteiger partial charge in [-0.3, -0.25) is 9.59 Å². The van der Waals surface area contributed by atoms with E-state index in [2.05, 4.69) is 13.8 Å². The van der Waals surface area contributed by atoms with Crippen LogP contribution < -0.4 is 0 Å². The van der Waals surface area contributed by atoms with Gasteiger partial charge < -0.3 is 10.0 Å². The van der Waals surface area contributed by atoms with Crippen molar-refractivity contribution in [2.45, 2.75) is 65.8 Å². The maximum absolute atomic E-state index is 12.2. The third-order valence-corrected chi connectivity index (χ3v) is 4.42. The van der Waals surface area contributed by atoms with Gasteiger partial charge in [-0.15, -0.1) is 0 Å². The lowest BCUT2D eigenvalue weighted by molar-refractivity contribution is -0.152. The fourth-order valence-corrected chi connectivity index (χ4v) is 2.55. The molecule has 0 heterocycles. The van der Waals surface area contributed by atoms with Crippen molar-refractivity contribution in [2.75, 3.05) is 7.05 Å². The van der Waals surface area contributed by atoms with Gasteiger partial charge in [0.1, 0.15) is 0 Å². The predicted molar refractivity (Wildman–Crippen MR) is 74.8 cm³/mol. The van der Waals surface area contributed by atoms with Crippen LogP contribution >= 0.6 is 0 Å². The van der Waals surface area contributed by atoms with E-state index in [1.165, 1.54) is 0 Å². The van der Waals surface area contributed by atoms with E-state index in [9.17, 15) is 9.59 Å². The van der Waals surface area contributed by atoms with E-state index >= 15 is 0 Å². The molecule has 0 radical (unpaired) electrons. The van der Waals surface area contributed by atoms with Crippen LogP contribution in [0.15, 0.2) is 0 Å². The Hall–Kier alpha value is -1.06. The average Bonchev–Trinajstić information content (AvgIpc) is 2.27. The Morgan fingerprint density at radius 1 is 1.26 bits per heavy atom. The molecule has 0 aromatic carbocycles. The molecule has 0 unspecified atom stereocenters. The van der Waals surface area contributed by atoms with Gasteiger partial charge in [-0.25, -0.2) is 0 Å². The summed E-state index contributed by atoms with van der Waals surface area (Å²) in [6.45, 7) is 7.73. The number of rotatable bonds is 4. The first kappa shape index (κ1) is 16.0. The molecule has 0 aromatic heterocycles. The highest BCUT2D eigenvalue weighted by Gasteiger charge is 2.35. The summed E-state index contributed by atoms with van der Waals surface area (Å²) in [5, 5.41) is 9.08. The van der Waals surface area contributed by atoms with E-state index in [4.69, 9.17) is 5.11 Å². The summed E-state index contributed by atoms with van der Waals surface area (Å²) in [5.41, 5.74) is -0.611. The molecule has 4 heteroatoms. The van der Waals surface area contributed by atoms with E-state index in [1.54, 1.807) is 18.7 Å². The number of hydrogen-bond acceptors (Lipinski definition) is 2. The summed E-state index contributed by atoms with van der Waals surface area (Å²) < 4.78 is 0. The molecule has 1 aliphatic rings. The average molecular weight is 269 g/mol. The van der Waals surface area contributed by atoms with Crippen molar-refractivity contribution in [3.05, 3.63) is 0 Å². The minimum absolute atomic E-state index is 0.0582. The second-order valence-corrected chi connectivity index (χ2v) is 7.27. The Bertz CT molecular complexity index is 350. The van der Waals surface area contributed by atoms with E-state index in [-0.39, 0.29) is 18.4 Å². The summed E-state index contributed by atoms with van der Waals surface area (Å²) in [6, 6.07) is 0.269. The van der Waals surface area contributed by atoms with Crippen LogP contribution in [0.4, 0.5) is 0 Å². The Kier molecular flexibility index (Phi) is 4.64. The maximum atomic E-state index is 12.2. The van der Waals surface area contributed by atoms with E-state index < -0.39 is 11.4 Å². The Balaban J connectivity index is 2.57. The van der Waals surface area contributed by atoms with Crippen molar-refractivity contribution < 1.29 is 14.7 Å². The normalized spacial score (nSPS) is 20.1. The van der Waals surface area contributed by atoms with Crippen LogP contribution in [0, 0.1) is 10.8 Å². The van der Waals surface area contributed by atoms with Crippen molar-refractivity contribution in [2.24, 2.45) is 10.8 Å². The van der Waals surface area contributed by atoms with Crippen molar-refractivity contribution in [3.63, 3.8) is 0 Å². The van der Waals surface area contributed by atoms with Gasteiger partial charge in [-0.2, -0.15) is 0 Å². The second kappa shape index (κ2) is 5.51. The van der Waals surface area contributed by atoms with Crippen molar-refractivity contribution >= 4 is 11.9 Å².